The Labute approximate surface area is 168 Å². The summed E-state index contributed by atoms with van der Waals surface area (Å²) in [6.07, 6.45) is 5.45. The van der Waals surface area contributed by atoms with Crippen molar-refractivity contribution in [2.45, 2.75) is 25.8 Å². The van der Waals surface area contributed by atoms with Crippen LogP contribution < -0.4 is 10.2 Å². The van der Waals surface area contributed by atoms with Crippen molar-refractivity contribution in [1.29, 1.82) is 0 Å². The third-order valence-corrected chi connectivity index (χ3v) is 6.01. The van der Waals surface area contributed by atoms with Crippen molar-refractivity contribution in [3.63, 3.8) is 0 Å². The molecule has 0 radical (unpaired) electrons. The van der Waals surface area contributed by atoms with Crippen LogP contribution >= 0.6 is 35.2 Å². The Hall–Kier alpha value is -1.70. The summed E-state index contributed by atoms with van der Waals surface area (Å²) in [6.45, 7) is 2.77. The van der Waals surface area contributed by atoms with Crippen LogP contribution in [0.25, 0.3) is 0 Å². The number of piperidine rings is 1. The van der Waals surface area contributed by atoms with Gasteiger partial charge in [-0.25, -0.2) is 9.99 Å². The molecule has 1 aliphatic rings. The van der Waals surface area contributed by atoms with Gasteiger partial charge in [0.05, 0.1) is 11.1 Å². The Kier molecular flexibility index (Phi) is 6.82. The topological polar surface area (TPSA) is 43.8 Å². The van der Waals surface area contributed by atoms with Crippen LogP contribution in [-0.2, 0) is 6.54 Å². The molecule has 0 aliphatic carbocycles. The van der Waals surface area contributed by atoms with Gasteiger partial charge in [0.15, 0.2) is 15.4 Å². The van der Waals surface area contributed by atoms with Gasteiger partial charge in [0.1, 0.15) is 0 Å². The molecule has 0 saturated carbocycles. The fraction of sp³-hybridized carbons (Fsp3) is 0.389. The van der Waals surface area contributed by atoms with Crippen molar-refractivity contribution >= 4 is 51.6 Å². The van der Waals surface area contributed by atoms with Crippen molar-refractivity contribution in [2.75, 3.05) is 25.0 Å². The Morgan fingerprint density at radius 2 is 2.08 bits per heavy atom. The first-order chi connectivity index (χ1) is 12.6. The molecule has 26 heavy (non-hydrogen) atoms. The van der Waals surface area contributed by atoms with Crippen LogP contribution in [0.1, 0.15) is 29.7 Å². The van der Waals surface area contributed by atoms with E-state index in [0.717, 1.165) is 23.1 Å². The highest BCUT2D eigenvalue weighted by atomic mass is 35.5. The molecule has 2 heterocycles. The van der Waals surface area contributed by atoms with Crippen molar-refractivity contribution < 1.29 is 0 Å². The first kappa shape index (κ1) is 19.1. The van der Waals surface area contributed by atoms with Gasteiger partial charge in [0.25, 0.3) is 0 Å². The number of rotatable bonds is 5. The molecule has 1 fully saturated rings. The lowest BCUT2D eigenvalue weighted by Crippen LogP contribution is -2.33. The molecule has 5 nitrogen and oxygen atoms in total. The molecule has 1 aromatic heterocycles. The minimum absolute atomic E-state index is 0.496. The number of anilines is 1. The number of nitrogens with zero attached hydrogens (tertiary/aromatic N) is 4. The fourth-order valence-electron chi connectivity index (χ4n) is 2.68. The monoisotopic (exact) mass is 407 g/mol. The maximum Gasteiger partial charge on any atom is 0.189 e. The number of aromatic nitrogens is 1. The summed E-state index contributed by atoms with van der Waals surface area (Å²) in [5.41, 5.74) is 1.17. The van der Waals surface area contributed by atoms with E-state index in [0.29, 0.717) is 16.8 Å². The van der Waals surface area contributed by atoms with Crippen LogP contribution in [0.5, 0.6) is 0 Å². The highest BCUT2D eigenvalue weighted by Crippen LogP contribution is 2.30. The third kappa shape index (κ3) is 5.16. The minimum Gasteiger partial charge on any atom is -0.357 e. The second-order valence-electron chi connectivity index (χ2n) is 6.11. The molecule has 0 spiro atoms. The molecule has 0 unspecified atom stereocenters. The summed E-state index contributed by atoms with van der Waals surface area (Å²) in [4.78, 5) is 7.64. The molecule has 0 amide bonds. The number of thiocarbonyl (C=S) groups is 1. The zero-order valence-corrected chi connectivity index (χ0v) is 17.1. The van der Waals surface area contributed by atoms with E-state index in [4.69, 9.17) is 23.8 Å². The average Bonchev–Trinajstić information content (AvgIpc) is 3.06. The van der Waals surface area contributed by atoms with Crippen molar-refractivity contribution in [1.82, 2.24) is 15.3 Å². The molecule has 3 rings (SSSR count). The van der Waals surface area contributed by atoms with Gasteiger partial charge >= 0.3 is 0 Å². The third-order valence-electron chi connectivity index (χ3n) is 4.15. The van der Waals surface area contributed by atoms with Gasteiger partial charge in [0.2, 0.25) is 0 Å². The lowest BCUT2D eigenvalue weighted by atomic mass is 10.1. The number of hydrogen-bond acceptors (Lipinski definition) is 5. The van der Waals surface area contributed by atoms with E-state index < -0.39 is 0 Å². The SMILES string of the molecule is CN(/N=C\c1sc(N2CCCCC2)nc1Cl)C(=S)NCc1ccccc1. The predicted molar refractivity (Wildman–Crippen MR) is 114 cm³/mol. The zero-order valence-electron chi connectivity index (χ0n) is 14.7. The maximum atomic E-state index is 6.28. The predicted octanol–water partition coefficient (Wildman–Crippen LogP) is 4.13. The second-order valence-corrected chi connectivity index (χ2v) is 7.87. The van der Waals surface area contributed by atoms with E-state index >= 15 is 0 Å². The largest absolute Gasteiger partial charge is 0.357 e. The van der Waals surface area contributed by atoms with Gasteiger partial charge in [-0.15, -0.1) is 0 Å². The quantitative estimate of drug-likeness (QED) is 0.458. The van der Waals surface area contributed by atoms with Gasteiger partial charge < -0.3 is 10.2 Å². The fourth-order valence-corrected chi connectivity index (χ4v) is 3.97. The van der Waals surface area contributed by atoms with Crippen LogP contribution in [-0.4, -0.2) is 41.5 Å². The number of nitrogens with one attached hydrogen (secondary N) is 1. The molecule has 0 bridgehead atoms. The van der Waals surface area contributed by atoms with Gasteiger partial charge in [-0.05, 0) is 37.0 Å². The molecule has 8 heteroatoms. The van der Waals surface area contributed by atoms with Gasteiger partial charge in [-0.1, -0.05) is 53.3 Å². The lowest BCUT2D eigenvalue weighted by Gasteiger charge is -2.25. The molecule has 1 aromatic carbocycles. The molecule has 1 aliphatic heterocycles. The van der Waals surface area contributed by atoms with E-state index in [2.05, 4.69) is 32.4 Å². The average molecular weight is 408 g/mol. The number of benzene rings is 1. The molecule has 138 valence electrons. The first-order valence-corrected chi connectivity index (χ1v) is 10.2. The van der Waals surface area contributed by atoms with Gasteiger partial charge in [-0.3, -0.25) is 0 Å². The second kappa shape index (κ2) is 9.30. The highest BCUT2D eigenvalue weighted by molar-refractivity contribution is 7.80. The van der Waals surface area contributed by atoms with Crippen LogP contribution in [0, 0.1) is 0 Å². The lowest BCUT2D eigenvalue weighted by molar-refractivity contribution is 0.532. The summed E-state index contributed by atoms with van der Waals surface area (Å²) in [5, 5.41) is 11.3. The molecular formula is C18H22ClN5S2. The van der Waals surface area contributed by atoms with Crippen molar-refractivity contribution in [2.24, 2.45) is 5.10 Å². The number of hydrogen-bond donors (Lipinski definition) is 1. The van der Waals surface area contributed by atoms with Gasteiger partial charge in [-0.2, -0.15) is 5.10 Å². The van der Waals surface area contributed by atoms with Crippen LogP contribution in [0.15, 0.2) is 35.4 Å². The van der Waals surface area contributed by atoms with Crippen LogP contribution in [0.2, 0.25) is 5.15 Å². The number of hydrazone groups is 1. The highest BCUT2D eigenvalue weighted by Gasteiger charge is 2.16. The summed E-state index contributed by atoms with van der Waals surface area (Å²) >= 11 is 13.2. The maximum absolute atomic E-state index is 6.28. The first-order valence-electron chi connectivity index (χ1n) is 8.64. The number of thiazole rings is 1. The minimum atomic E-state index is 0.496. The van der Waals surface area contributed by atoms with Crippen molar-refractivity contribution in [3.8, 4) is 0 Å². The van der Waals surface area contributed by atoms with E-state index in [1.807, 2.05) is 25.2 Å². The van der Waals surface area contributed by atoms with Crippen molar-refractivity contribution in [3.05, 3.63) is 45.9 Å². The molecule has 1 N–H and O–H groups in total. The zero-order chi connectivity index (χ0) is 18.4. The molecular weight excluding hydrogens is 386 g/mol. The van der Waals surface area contributed by atoms with E-state index in [-0.39, 0.29) is 0 Å². The Morgan fingerprint density at radius 3 is 2.81 bits per heavy atom. The Bertz CT molecular complexity index is 756. The van der Waals surface area contributed by atoms with Crippen LogP contribution in [0.3, 0.4) is 0 Å². The normalized spacial score (nSPS) is 14.6. The van der Waals surface area contributed by atoms with E-state index in [1.54, 1.807) is 22.6 Å². The summed E-state index contributed by atoms with van der Waals surface area (Å²) in [5.74, 6) is 0. The Balaban J connectivity index is 1.56. The Morgan fingerprint density at radius 1 is 1.35 bits per heavy atom. The molecule has 2 aromatic rings. The van der Waals surface area contributed by atoms with Crippen LogP contribution in [0.4, 0.5) is 5.13 Å². The molecule has 1 saturated heterocycles. The smallest absolute Gasteiger partial charge is 0.189 e. The standard InChI is InChI=1S/C18H22ClN5S2/c1-23(17(25)20-12-14-8-4-2-5-9-14)21-13-15-16(19)22-18(26-15)24-10-6-3-7-11-24/h2,4-5,8-9,13H,3,6-7,10-12H2,1H3,(H,20,25)/b21-13-. The van der Waals surface area contributed by atoms with Gasteiger partial charge in [0, 0.05) is 26.7 Å². The van der Waals surface area contributed by atoms with E-state index in [9.17, 15) is 0 Å². The summed E-state index contributed by atoms with van der Waals surface area (Å²) < 4.78 is 0. The number of halogens is 1. The molecule has 0 atom stereocenters. The van der Waals surface area contributed by atoms with E-state index in [1.165, 1.54) is 24.8 Å². The summed E-state index contributed by atoms with van der Waals surface area (Å²) in [6, 6.07) is 10.1. The summed E-state index contributed by atoms with van der Waals surface area (Å²) in [7, 11) is 1.82.